The molecule has 0 fully saturated rings. The number of carbonyl (C=O) groups excluding carboxylic acids is 1. The summed E-state index contributed by atoms with van der Waals surface area (Å²) in [4.78, 5) is 15.6. The fourth-order valence-corrected chi connectivity index (χ4v) is 2.99. The van der Waals surface area contributed by atoms with Crippen molar-refractivity contribution >= 4 is 16.8 Å². The van der Waals surface area contributed by atoms with Crippen LogP contribution < -0.4 is 5.32 Å². The first kappa shape index (κ1) is 18.0. The van der Waals surface area contributed by atoms with Gasteiger partial charge < -0.3 is 10.3 Å². The van der Waals surface area contributed by atoms with Crippen molar-refractivity contribution in [3.05, 3.63) is 71.4 Å². The highest BCUT2D eigenvalue weighted by molar-refractivity contribution is 5.94. The lowest BCUT2D eigenvalue weighted by molar-refractivity contribution is -0.137. The number of fused-ring (bicyclic) bond motifs is 1. The molecule has 2 N–H and O–H groups in total. The molecule has 0 saturated heterocycles. The number of alkyl halides is 3. The number of benzene rings is 2. The van der Waals surface area contributed by atoms with Gasteiger partial charge in [0, 0.05) is 28.2 Å². The van der Waals surface area contributed by atoms with Gasteiger partial charge in [-0.3, -0.25) is 4.79 Å². The van der Waals surface area contributed by atoms with Gasteiger partial charge in [0.2, 0.25) is 0 Å². The van der Waals surface area contributed by atoms with Crippen molar-refractivity contribution < 1.29 is 18.0 Å². The molecule has 3 aromatic rings. The molecule has 0 aliphatic heterocycles. The Kier molecular flexibility index (Phi) is 4.52. The van der Waals surface area contributed by atoms with E-state index in [0.29, 0.717) is 6.42 Å². The second-order valence-electron chi connectivity index (χ2n) is 6.95. The van der Waals surface area contributed by atoms with Crippen LogP contribution in [0.3, 0.4) is 0 Å². The molecule has 0 bridgehead atoms. The summed E-state index contributed by atoms with van der Waals surface area (Å²) < 4.78 is 37.9. The molecule has 3 rings (SSSR count). The highest BCUT2D eigenvalue weighted by Gasteiger charge is 2.30. The standard InChI is InChI=1S/C20H19F3N2O/c1-19(2,11-14-12-24-17-6-4-3-5-16(14)17)25-18(26)13-7-9-15(10-8-13)20(21,22)23/h3-10,12,24H,11H2,1-2H3,(H,25,26). The summed E-state index contributed by atoms with van der Waals surface area (Å²) in [5.41, 5.74) is 0.952. The zero-order valence-corrected chi connectivity index (χ0v) is 14.4. The minimum atomic E-state index is -4.41. The third kappa shape index (κ3) is 3.90. The van der Waals surface area contributed by atoms with E-state index < -0.39 is 23.2 Å². The van der Waals surface area contributed by atoms with Gasteiger partial charge in [0.1, 0.15) is 0 Å². The number of amides is 1. The molecule has 0 spiro atoms. The summed E-state index contributed by atoms with van der Waals surface area (Å²) in [5, 5.41) is 3.99. The van der Waals surface area contributed by atoms with Crippen LogP contribution in [0.4, 0.5) is 13.2 Å². The molecule has 0 radical (unpaired) electrons. The molecule has 0 atom stereocenters. The number of aromatic amines is 1. The summed E-state index contributed by atoms with van der Waals surface area (Å²) in [6, 6.07) is 12.1. The predicted molar refractivity (Wildman–Crippen MR) is 95.0 cm³/mol. The summed E-state index contributed by atoms with van der Waals surface area (Å²) in [7, 11) is 0. The molecule has 0 aliphatic rings. The summed E-state index contributed by atoms with van der Waals surface area (Å²) >= 11 is 0. The van der Waals surface area contributed by atoms with E-state index in [1.54, 1.807) is 0 Å². The summed E-state index contributed by atoms with van der Waals surface area (Å²) in [6.45, 7) is 3.77. The number of carbonyl (C=O) groups is 1. The minimum absolute atomic E-state index is 0.199. The summed E-state index contributed by atoms with van der Waals surface area (Å²) in [6.07, 6.45) is -1.91. The Labute approximate surface area is 149 Å². The molecule has 6 heteroatoms. The number of para-hydroxylation sites is 1. The second-order valence-corrected chi connectivity index (χ2v) is 6.95. The number of halogens is 3. The average Bonchev–Trinajstić information content (AvgIpc) is 2.96. The van der Waals surface area contributed by atoms with E-state index in [1.807, 2.05) is 44.3 Å². The lowest BCUT2D eigenvalue weighted by Crippen LogP contribution is -2.45. The van der Waals surface area contributed by atoms with Crippen molar-refractivity contribution in [1.29, 1.82) is 0 Å². The molecule has 0 unspecified atom stereocenters. The number of hydrogen-bond acceptors (Lipinski definition) is 1. The molecule has 0 aliphatic carbocycles. The number of rotatable bonds is 4. The highest BCUT2D eigenvalue weighted by Crippen LogP contribution is 2.29. The Balaban J connectivity index is 1.73. The van der Waals surface area contributed by atoms with Crippen molar-refractivity contribution in [2.24, 2.45) is 0 Å². The monoisotopic (exact) mass is 360 g/mol. The van der Waals surface area contributed by atoms with Crippen LogP contribution >= 0.6 is 0 Å². The molecule has 1 aromatic heterocycles. The topological polar surface area (TPSA) is 44.9 Å². The largest absolute Gasteiger partial charge is 0.416 e. The van der Waals surface area contributed by atoms with Crippen LogP contribution in [0.1, 0.15) is 35.3 Å². The summed E-state index contributed by atoms with van der Waals surface area (Å²) in [5.74, 6) is -0.399. The number of aromatic nitrogens is 1. The predicted octanol–water partition coefficient (Wildman–Crippen LogP) is 4.94. The van der Waals surface area contributed by atoms with Crippen LogP contribution in [-0.4, -0.2) is 16.4 Å². The van der Waals surface area contributed by atoms with Crippen LogP contribution in [0.5, 0.6) is 0 Å². The Morgan fingerprint density at radius 3 is 2.35 bits per heavy atom. The van der Waals surface area contributed by atoms with Crippen LogP contribution in [0, 0.1) is 0 Å². The van der Waals surface area contributed by atoms with Gasteiger partial charge in [-0.1, -0.05) is 18.2 Å². The normalized spacial score (nSPS) is 12.3. The SMILES string of the molecule is CC(C)(Cc1c[nH]c2ccccc12)NC(=O)c1ccc(C(F)(F)F)cc1. The fraction of sp³-hybridized carbons (Fsp3) is 0.250. The minimum Gasteiger partial charge on any atom is -0.361 e. The lowest BCUT2D eigenvalue weighted by atomic mass is 9.94. The van der Waals surface area contributed by atoms with E-state index in [1.165, 1.54) is 12.1 Å². The van der Waals surface area contributed by atoms with Crippen molar-refractivity contribution in [2.45, 2.75) is 32.0 Å². The molecular weight excluding hydrogens is 341 g/mol. The first-order chi connectivity index (χ1) is 12.2. The number of hydrogen-bond donors (Lipinski definition) is 2. The van der Waals surface area contributed by atoms with E-state index in [2.05, 4.69) is 10.3 Å². The Bertz CT molecular complexity index is 924. The zero-order valence-electron chi connectivity index (χ0n) is 14.4. The van der Waals surface area contributed by atoms with E-state index in [0.717, 1.165) is 28.6 Å². The van der Waals surface area contributed by atoms with Crippen molar-refractivity contribution in [1.82, 2.24) is 10.3 Å². The fourth-order valence-electron chi connectivity index (χ4n) is 2.99. The molecular formula is C20H19F3N2O. The maximum atomic E-state index is 12.6. The van der Waals surface area contributed by atoms with Crippen LogP contribution in [0.15, 0.2) is 54.7 Å². The second kappa shape index (κ2) is 6.52. The van der Waals surface area contributed by atoms with Crippen LogP contribution in [-0.2, 0) is 12.6 Å². The number of H-pyrrole nitrogens is 1. The first-order valence-corrected chi connectivity index (χ1v) is 8.20. The van der Waals surface area contributed by atoms with E-state index in [4.69, 9.17) is 0 Å². The first-order valence-electron chi connectivity index (χ1n) is 8.20. The van der Waals surface area contributed by atoms with Gasteiger partial charge in [0.15, 0.2) is 0 Å². The molecule has 0 saturated carbocycles. The Morgan fingerprint density at radius 1 is 1.04 bits per heavy atom. The zero-order chi connectivity index (χ0) is 18.9. The van der Waals surface area contributed by atoms with Crippen molar-refractivity contribution in [3.8, 4) is 0 Å². The van der Waals surface area contributed by atoms with Crippen molar-refractivity contribution in [3.63, 3.8) is 0 Å². The third-order valence-corrected chi connectivity index (χ3v) is 4.23. The Morgan fingerprint density at radius 2 is 1.69 bits per heavy atom. The van der Waals surface area contributed by atoms with Gasteiger partial charge in [0.05, 0.1) is 5.56 Å². The molecule has 1 amide bonds. The molecule has 1 heterocycles. The quantitative estimate of drug-likeness (QED) is 0.680. The van der Waals surface area contributed by atoms with Gasteiger partial charge in [-0.15, -0.1) is 0 Å². The van der Waals surface area contributed by atoms with E-state index in [-0.39, 0.29) is 5.56 Å². The van der Waals surface area contributed by atoms with Gasteiger partial charge in [0.25, 0.3) is 5.91 Å². The maximum Gasteiger partial charge on any atom is 0.416 e. The van der Waals surface area contributed by atoms with Gasteiger partial charge >= 0.3 is 6.18 Å². The highest BCUT2D eigenvalue weighted by atomic mass is 19.4. The van der Waals surface area contributed by atoms with Crippen LogP contribution in [0.2, 0.25) is 0 Å². The van der Waals surface area contributed by atoms with Gasteiger partial charge in [-0.25, -0.2) is 0 Å². The average molecular weight is 360 g/mol. The molecule has 3 nitrogen and oxygen atoms in total. The smallest absolute Gasteiger partial charge is 0.361 e. The molecule has 136 valence electrons. The maximum absolute atomic E-state index is 12.6. The molecule has 2 aromatic carbocycles. The van der Waals surface area contributed by atoms with Crippen LogP contribution in [0.25, 0.3) is 10.9 Å². The third-order valence-electron chi connectivity index (χ3n) is 4.23. The van der Waals surface area contributed by atoms with E-state index >= 15 is 0 Å². The molecule has 26 heavy (non-hydrogen) atoms. The van der Waals surface area contributed by atoms with Crippen molar-refractivity contribution in [2.75, 3.05) is 0 Å². The Hall–Kier alpha value is -2.76. The number of nitrogens with one attached hydrogen (secondary N) is 2. The lowest BCUT2D eigenvalue weighted by Gasteiger charge is -2.26. The van der Waals surface area contributed by atoms with Gasteiger partial charge in [-0.2, -0.15) is 13.2 Å². The van der Waals surface area contributed by atoms with E-state index in [9.17, 15) is 18.0 Å². The van der Waals surface area contributed by atoms with Gasteiger partial charge in [-0.05, 0) is 56.2 Å².